The van der Waals surface area contributed by atoms with Crippen LogP contribution in [0.3, 0.4) is 0 Å². The lowest BCUT2D eigenvalue weighted by Gasteiger charge is -2.04. The first-order chi connectivity index (χ1) is 13.0. The number of rotatable bonds is 7. The predicted octanol–water partition coefficient (Wildman–Crippen LogP) is 3.95. The van der Waals surface area contributed by atoms with Gasteiger partial charge in [-0.25, -0.2) is 4.98 Å². The summed E-state index contributed by atoms with van der Waals surface area (Å²) in [5.74, 6) is -0.225. The van der Waals surface area contributed by atoms with Crippen LogP contribution in [0.1, 0.15) is 17.0 Å². The zero-order valence-corrected chi connectivity index (χ0v) is 15.5. The maximum absolute atomic E-state index is 12.1. The van der Waals surface area contributed by atoms with Crippen molar-refractivity contribution in [3.8, 4) is 0 Å². The molecule has 0 atom stereocenters. The summed E-state index contributed by atoms with van der Waals surface area (Å²) in [7, 11) is 0. The number of hydrogen-bond acceptors (Lipinski definition) is 5. The quantitative estimate of drug-likeness (QED) is 0.366. The summed E-state index contributed by atoms with van der Waals surface area (Å²) in [6, 6.07) is 16.1. The molecule has 3 rings (SSSR count). The van der Waals surface area contributed by atoms with E-state index < -0.39 is 4.92 Å². The number of carbonyl (C=O) groups excluding carboxylic acids is 1. The number of hydrogen-bond donors (Lipinski definition) is 2. The minimum absolute atomic E-state index is 0.101. The number of thioether (sulfide) groups is 1. The molecule has 0 aliphatic heterocycles. The molecule has 0 aliphatic carbocycles. The zero-order chi connectivity index (χ0) is 19.2. The Labute approximate surface area is 160 Å². The topological polar surface area (TPSA) is 101 Å². The molecule has 0 bridgehead atoms. The van der Waals surface area contributed by atoms with Crippen molar-refractivity contribution < 1.29 is 9.72 Å². The van der Waals surface area contributed by atoms with Crippen molar-refractivity contribution in [3.05, 3.63) is 81.7 Å². The van der Waals surface area contributed by atoms with Gasteiger partial charge in [-0.3, -0.25) is 14.9 Å². The second-order valence-corrected chi connectivity index (χ2v) is 6.85. The molecule has 1 amide bonds. The standard InChI is InChI=1S/C19H18N4O3S/c1-13-16(11-14-7-3-2-4-8-14)22-19(20-13)27-12-18(24)21-15-9-5-6-10-17(15)23(25)26/h2-10H,11-12H2,1H3,(H,20,22)(H,21,24). The summed E-state index contributed by atoms with van der Waals surface area (Å²) in [5, 5.41) is 14.2. The van der Waals surface area contributed by atoms with Gasteiger partial charge in [0.1, 0.15) is 5.69 Å². The lowest BCUT2D eigenvalue weighted by molar-refractivity contribution is -0.383. The van der Waals surface area contributed by atoms with Gasteiger partial charge in [0.05, 0.1) is 16.4 Å². The smallest absolute Gasteiger partial charge is 0.292 e. The second-order valence-electron chi connectivity index (χ2n) is 5.89. The number of aromatic amines is 1. The van der Waals surface area contributed by atoms with Gasteiger partial charge in [-0.2, -0.15) is 0 Å². The van der Waals surface area contributed by atoms with Crippen LogP contribution in [0.15, 0.2) is 59.8 Å². The SMILES string of the molecule is Cc1[nH]c(SCC(=O)Nc2ccccc2[N+](=O)[O-])nc1Cc1ccccc1. The molecule has 0 radical (unpaired) electrons. The number of para-hydroxylation sites is 2. The molecule has 0 saturated heterocycles. The predicted molar refractivity (Wildman–Crippen MR) is 105 cm³/mol. The molecule has 3 aromatic rings. The van der Waals surface area contributed by atoms with E-state index in [0.717, 1.165) is 17.0 Å². The average molecular weight is 382 g/mol. The fraction of sp³-hybridized carbons (Fsp3) is 0.158. The van der Waals surface area contributed by atoms with E-state index in [9.17, 15) is 14.9 Å². The van der Waals surface area contributed by atoms with Gasteiger partial charge in [0.2, 0.25) is 5.91 Å². The minimum atomic E-state index is -0.519. The van der Waals surface area contributed by atoms with Gasteiger partial charge in [-0.1, -0.05) is 54.2 Å². The maximum atomic E-state index is 12.1. The van der Waals surface area contributed by atoms with Crippen molar-refractivity contribution >= 4 is 29.0 Å². The van der Waals surface area contributed by atoms with E-state index in [2.05, 4.69) is 15.3 Å². The van der Waals surface area contributed by atoms with E-state index >= 15 is 0 Å². The molecule has 1 aromatic heterocycles. The summed E-state index contributed by atoms with van der Waals surface area (Å²) in [6.07, 6.45) is 0.714. The van der Waals surface area contributed by atoms with Gasteiger partial charge in [-0.15, -0.1) is 0 Å². The summed E-state index contributed by atoms with van der Waals surface area (Å²) < 4.78 is 0. The third-order valence-corrected chi connectivity index (χ3v) is 4.77. The van der Waals surface area contributed by atoms with Gasteiger partial charge in [0.25, 0.3) is 5.69 Å². The van der Waals surface area contributed by atoms with Crippen molar-refractivity contribution in [2.45, 2.75) is 18.5 Å². The minimum Gasteiger partial charge on any atom is -0.337 e. The highest BCUT2D eigenvalue weighted by molar-refractivity contribution is 7.99. The van der Waals surface area contributed by atoms with Crippen molar-refractivity contribution in [1.82, 2.24) is 9.97 Å². The third kappa shape index (κ3) is 4.95. The number of carbonyl (C=O) groups is 1. The molecule has 138 valence electrons. The maximum Gasteiger partial charge on any atom is 0.292 e. The highest BCUT2D eigenvalue weighted by Crippen LogP contribution is 2.24. The molecule has 2 N–H and O–H groups in total. The van der Waals surface area contributed by atoms with Crippen LogP contribution in [-0.4, -0.2) is 26.6 Å². The first kappa shape index (κ1) is 18.7. The number of nitro groups is 1. The molecule has 0 spiro atoms. The zero-order valence-electron chi connectivity index (χ0n) is 14.6. The first-order valence-corrected chi connectivity index (χ1v) is 9.27. The molecule has 0 aliphatic rings. The average Bonchev–Trinajstić information content (AvgIpc) is 3.01. The van der Waals surface area contributed by atoms with Crippen molar-refractivity contribution in [3.63, 3.8) is 0 Å². The van der Waals surface area contributed by atoms with E-state index in [0.29, 0.717) is 11.6 Å². The van der Waals surface area contributed by atoms with E-state index in [4.69, 9.17) is 0 Å². The lowest BCUT2D eigenvalue weighted by atomic mass is 10.1. The number of nitrogens with one attached hydrogen (secondary N) is 2. The molecule has 0 saturated carbocycles. The van der Waals surface area contributed by atoms with Crippen LogP contribution in [0, 0.1) is 17.0 Å². The van der Waals surface area contributed by atoms with Gasteiger partial charge < -0.3 is 10.3 Å². The molecule has 27 heavy (non-hydrogen) atoms. The van der Waals surface area contributed by atoms with Crippen LogP contribution in [0.5, 0.6) is 0 Å². The number of amides is 1. The van der Waals surface area contributed by atoms with E-state index in [1.807, 2.05) is 37.3 Å². The fourth-order valence-electron chi connectivity index (χ4n) is 2.56. The number of nitro benzene ring substituents is 1. The molecule has 2 aromatic carbocycles. The fourth-order valence-corrected chi connectivity index (χ4v) is 3.30. The molecule has 8 heteroatoms. The van der Waals surface area contributed by atoms with E-state index in [1.54, 1.807) is 12.1 Å². The number of nitrogens with zero attached hydrogens (tertiary/aromatic N) is 2. The molecular formula is C19H18N4O3S. The van der Waals surface area contributed by atoms with Crippen LogP contribution >= 0.6 is 11.8 Å². The summed E-state index contributed by atoms with van der Waals surface area (Å²) >= 11 is 1.26. The van der Waals surface area contributed by atoms with Gasteiger partial charge in [0, 0.05) is 18.2 Å². The Kier molecular flexibility index (Phi) is 5.87. The molecule has 7 nitrogen and oxygen atoms in total. The number of imidazole rings is 1. The number of anilines is 1. The molecule has 1 heterocycles. The van der Waals surface area contributed by atoms with E-state index in [-0.39, 0.29) is 23.0 Å². The number of H-pyrrole nitrogens is 1. The Balaban J connectivity index is 1.60. The third-order valence-electron chi connectivity index (χ3n) is 3.89. The second kappa shape index (κ2) is 8.50. The highest BCUT2D eigenvalue weighted by Gasteiger charge is 2.15. The van der Waals surface area contributed by atoms with Gasteiger partial charge in [-0.05, 0) is 18.6 Å². The van der Waals surface area contributed by atoms with Crippen LogP contribution in [0.25, 0.3) is 0 Å². The highest BCUT2D eigenvalue weighted by atomic mass is 32.2. The Morgan fingerprint density at radius 1 is 1.19 bits per heavy atom. The molecule has 0 unspecified atom stereocenters. The largest absolute Gasteiger partial charge is 0.337 e. The van der Waals surface area contributed by atoms with Gasteiger partial charge >= 0.3 is 0 Å². The summed E-state index contributed by atoms with van der Waals surface area (Å²) in [4.78, 5) is 30.4. The summed E-state index contributed by atoms with van der Waals surface area (Å²) in [6.45, 7) is 1.95. The van der Waals surface area contributed by atoms with Gasteiger partial charge in [0.15, 0.2) is 5.16 Å². The Morgan fingerprint density at radius 2 is 1.89 bits per heavy atom. The van der Waals surface area contributed by atoms with Crippen LogP contribution < -0.4 is 5.32 Å². The number of benzene rings is 2. The number of aryl methyl sites for hydroxylation is 1. The molecular weight excluding hydrogens is 364 g/mol. The van der Waals surface area contributed by atoms with Crippen molar-refractivity contribution in [1.29, 1.82) is 0 Å². The first-order valence-electron chi connectivity index (χ1n) is 8.28. The van der Waals surface area contributed by atoms with E-state index in [1.165, 1.54) is 23.9 Å². The van der Waals surface area contributed by atoms with Crippen molar-refractivity contribution in [2.24, 2.45) is 0 Å². The van der Waals surface area contributed by atoms with Crippen LogP contribution in [0.4, 0.5) is 11.4 Å². The normalized spacial score (nSPS) is 10.6. The monoisotopic (exact) mass is 382 g/mol. The van der Waals surface area contributed by atoms with Crippen LogP contribution in [0.2, 0.25) is 0 Å². The lowest BCUT2D eigenvalue weighted by Crippen LogP contribution is -2.15. The number of aromatic nitrogens is 2. The Morgan fingerprint density at radius 3 is 2.63 bits per heavy atom. The Hall–Kier alpha value is -3.13. The molecule has 0 fully saturated rings. The van der Waals surface area contributed by atoms with Crippen LogP contribution in [-0.2, 0) is 11.2 Å². The Bertz CT molecular complexity index is 957. The summed E-state index contributed by atoms with van der Waals surface area (Å²) in [5.41, 5.74) is 3.12. The van der Waals surface area contributed by atoms with Crippen molar-refractivity contribution in [2.75, 3.05) is 11.1 Å².